The van der Waals surface area contributed by atoms with E-state index in [4.69, 9.17) is 21.0 Å². The van der Waals surface area contributed by atoms with E-state index in [0.29, 0.717) is 16.9 Å². The van der Waals surface area contributed by atoms with Gasteiger partial charge in [0.2, 0.25) is 21.8 Å². The standard InChI is InChI=1S/C19H23N5O4S.C2HF3O2/c1-12(13-3-9-16(10-4-13)24-29(2,27)28)22-17(25)11-18(26)23-15-7-5-14(6-8-15)19(20)21;3-2(4,5)1(6)7/h3-10,12,24H,11H2,1-2H3,(H3,20,21)(H,22,25)(H,23,26);(H,6,7). The van der Waals surface area contributed by atoms with Crippen LogP contribution in [0.25, 0.3) is 0 Å². The van der Waals surface area contributed by atoms with Crippen molar-refractivity contribution in [2.45, 2.75) is 25.6 Å². The van der Waals surface area contributed by atoms with Crippen LogP contribution in [-0.2, 0) is 24.4 Å². The van der Waals surface area contributed by atoms with Gasteiger partial charge in [-0.2, -0.15) is 13.2 Å². The van der Waals surface area contributed by atoms with Gasteiger partial charge < -0.3 is 21.5 Å². The van der Waals surface area contributed by atoms with Gasteiger partial charge in [0.15, 0.2) is 0 Å². The molecule has 36 heavy (non-hydrogen) atoms. The molecule has 0 aliphatic heterocycles. The first-order chi connectivity index (χ1) is 16.5. The van der Waals surface area contributed by atoms with Gasteiger partial charge in [0.25, 0.3) is 0 Å². The first kappa shape index (κ1) is 29.9. The predicted molar refractivity (Wildman–Crippen MR) is 126 cm³/mol. The monoisotopic (exact) mass is 531 g/mol. The fraction of sp³-hybridized carbons (Fsp3) is 0.238. The molecule has 7 N–H and O–H groups in total. The van der Waals surface area contributed by atoms with Crippen molar-refractivity contribution in [2.75, 3.05) is 16.3 Å². The Morgan fingerprint density at radius 1 is 1.00 bits per heavy atom. The number of nitrogens with one attached hydrogen (secondary N) is 4. The van der Waals surface area contributed by atoms with Crippen molar-refractivity contribution in [3.8, 4) is 0 Å². The first-order valence-corrected chi connectivity index (χ1v) is 11.8. The van der Waals surface area contributed by atoms with Crippen LogP contribution in [0.3, 0.4) is 0 Å². The number of nitrogens with two attached hydrogens (primary N) is 1. The van der Waals surface area contributed by atoms with Crippen LogP contribution in [0.4, 0.5) is 24.5 Å². The van der Waals surface area contributed by atoms with Crippen molar-refractivity contribution < 1.29 is 41.1 Å². The van der Waals surface area contributed by atoms with Gasteiger partial charge in [-0.15, -0.1) is 0 Å². The summed E-state index contributed by atoms with van der Waals surface area (Å²) < 4.78 is 56.5. The predicted octanol–water partition coefficient (Wildman–Crippen LogP) is 2.18. The maximum atomic E-state index is 12.1. The molecule has 2 rings (SSSR count). The molecule has 15 heteroatoms. The van der Waals surface area contributed by atoms with Gasteiger partial charge in [-0.05, 0) is 48.9 Å². The average molecular weight is 532 g/mol. The van der Waals surface area contributed by atoms with E-state index in [2.05, 4.69) is 15.4 Å². The summed E-state index contributed by atoms with van der Waals surface area (Å²) >= 11 is 0. The van der Waals surface area contributed by atoms with E-state index in [-0.39, 0.29) is 18.3 Å². The molecule has 2 amide bonds. The molecule has 0 aliphatic rings. The summed E-state index contributed by atoms with van der Waals surface area (Å²) in [4.78, 5) is 33.0. The molecule has 2 aromatic rings. The minimum atomic E-state index is -5.08. The number of carboxylic acid groups (broad SMARTS) is 1. The number of alkyl halides is 3. The lowest BCUT2D eigenvalue weighted by Crippen LogP contribution is -2.30. The first-order valence-electron chi connectivity index (χ1n) is 9.89. The van der Waals surface area contributed by atoms with Crippen LogP contribution in [0.1, 0.15) is 30.5 Å². The molecule has 0 saturated heterocycles. The molecule has 2 aromatic carbocycles. The van der Waals surface area contributed by atoms with Gasteiger partial charge in [-0.3, -0.25) is 19.7 Å². The van der Waals surface area contributed by atoms with Crippen LogP contribution in [0.15, 0.2) is 48.5 Å². The van der Waals surface area contributed by atoms with E-state index in [0.717, 1.165) is 11.8 Å². The van der Waals surface area contributed by atoms with Gasteiger partial charge in [0, 0.05) is 16.9 Å². The Bertz CT molecular complexity index is 1200. The Morgan fingerprint density at radius 3 is 1.89 bits per heavy atom. The van der Waals surface area contributed by atoms with Gasteiger partial charge in [-0.1, -0.05) is 12.1 Å². The highest BCUT2D eigenvalue weighted by Crippen LogP contribution is 2.17. The minimum Gasteiger partial charge on any atom is -0.475 e. The van der Waals surface area contributed by atoms with E-state index in [1.807, 2.05) is 0 Å². The largest absolute Gasteiger partial charge is 0.490 e. The molecule has 0 aliphatic carbocycles. The number of amidine groups is 1. The highest BCUT2D eigenvalue weighted by Gasteiger charge is 2.38. The molecular formula is C21H24F3N5O6S. The minimum absolute atomic E-state index is 0.0728. The van der Waals surface area contributed by atoms with Crippen LogP contribution < -0.4 is 21.1 Å². The number of carbonyl (C=O) groups is 3. The number of amides is 2. The number of anilines is 2. The number of hydrogen-bond acceptors (Lipinski definition) is 6. The summed E-state index contributed by atoms with van der Waals surface area (Å²) in [5.74, 6) is -3.75. The maximum absolute atomic E-state index is 12.1. The Labute approximate surface area is 204 Å². The van der Waals surface area contributed by atoms with E-state index in [9.17, 15) is 31.2 Å². The van der Waals surface area contributed by atoms with Crippen LogP contribution in [0.2, 0.25) is 0 Å². The summed E-state index contributed by atoms with van der Waals surface area (Å²) in [7, 11) is -3.36. The summed E-state index contributed by atoms with van der Waals surface area (Å²) in [6, 6.07) is 12.6. The lowest BCUT2D eigenvalue weighted by Gasteiger charge is -2.15. The molecule has 1 unspecified atom stereocenters. The number of aliphatic carboxylic acids is 1. The smallest absolute Gasteiger partial charge is 0.475 e. The van der Waals surface area contributed by atoms with E-state index in [1.54, 1.807) is 55.5 Å². The molecule has 0 aromatic heterocycles. The lowest BCUT2D eigenvalue weighted by atomic mass is 10.1. The van der Waals surface area contributed by atoms with Crippen molar-refractivity contribution in [1.82, 2.24) is 5.32 Å². The van der Waals surface area contributed by atoms with Crippen LogP contribution in [-0.4, -0.2) is 49.6 Å². The summed E-state index contributed by atoms with van der Waals surface area (Å²) in [5, 5.41) is 19.8. The summed E-state index contributed by atoms with van der Waals surface area (Å²) in [6.45, 7) is 1.76. The van der Waals surface area contributed by atoms with Crippen LogP contribution in [0, 0.1) is 5.41 Å². The Kier molecular flexibility index (Phi) is 10.4. The number of halogens is 3. The molecule has 0 fully saturated rings. The number of hydrogen-bond donors (Lipinski definition) is 6. The second-order valence-corrected chi connectivity index (χ2v) is 9.05. The third-order valence-electron chi connectivity index (χ3n) is 4.13. The van der Waals surface area contributed by atoms with Crippen LogP contribution >= 0.6 is 0 Å². The number of carboxylic acids is 1. The fourth-order valence-corrected chi connectivity index (χ4v) is 3.08. The van der Waals surface area contributed by atoms with E-state index < -0.39 is 34.0 Å². The Hall–Kier alpha value is -4.14. The number of nitrogen functional groups attached to an aromatic ring is 1. The number of rotatable bonds is 8. The molecule has 0 heterocycles. The quantitative estimate of drug-likeness (QED) is 0.171. The molecule has 0 saturated carbocycles. The van der Waals surface area contributed by atoms with Crippen molar-refractivity contribution in [1.29, 1.82) is 5.41 Å². The number of carbonyl (C=O) groups excluding carboxylic acids is 2. The van der Waals surface area contributed by atoms with E-state index in [1.165, 1.54) is 0 Å². The Balaban J connectivity index is 0.000000809. The normalized spacial score (nSPS) is 11.8. The molecule has 0 spiro atoms. The van der Waals surface area contributed by atoms with Gasteiger partial charge >= 0.3 is 12.1 Å². The zero-order chi connectivity index (χ0) is 27.7. The van der Waals surface area contributed by atoms with E-state index >= 15 is 0 Å². The SMILES string of the molecule is CC(NC(=O)CC(=O)Nc1ccc(C(=N)N)cc1)c1ccc(NS(C)(=O)=O)cc1.O=C(O)C(F)(F)F. The zero-order valence-corrected chi connectivity index (χ0v) is 19.8. The van der Waals surface area contributed by atoms with Crippen molar-refractivity contribution in [3.63, 3.8) is 0 Å². The molecular weight excluding hydrogens is 507 g/mol. The molecule has 1 atom stereocenters. The summed E-state index contributed by atoms with van der Waals surface area (Å²) in [5.41, 5.74) is 7.59. The Morgan fingerprint density at radius 2 is 1.47 bits per heavy atom. The fourth-order valence-electron chi connectivity index (χ4n) is 2.51. The highest BCUT2D eigenvalue weighted by molar-refractivity contribution is 7.92. The average Bonchev–Trinajstić information content (AvgIpc) is 2.73. The van der Waals surface area contributed by atoms with Gasteiger partial charge in [-0.25, -0.2) is 13.2 Å². The second kappa shape index (κ2) is 12.5. The molecule has 0 radical (unpaired) electrons. The van der Waals surface area contributed by atoms with Crippen molar-refractivity contribution >= 4 is 45.0 Å². The lowest BCUT2D eigenvalue weighted by molar-refractivity contribution is -0.192. The molecule has 0 bridgehead atoms. The molecule has 196 valence electrons. The molecule has 11 nitrogen and oxygen atoms in total. The van der Waals surface area contributed by atoms with Crippen molar-refractivity contribution in [3.05, 3.63) is 59.7 Å². The van der Waals surface area contributed by atoms with Crippen LogP contribution in [0.5, 0.6) is 0 Å². The van der Waals surface area contributed by atoms with Crippen molar-refractivity contribution in [2.24, 2.45) is 5.73 Å². The topological polar surface area (TPSA) is 192 Å². The third kappa shape index (κ3) is 11.3. The van der Waals surface area contributed by atoms with Gasteiger partial charge in [0.05, 0.1) is 12.3 Å². The zero-order valence-electron chi connectivity index (χ0n) is 19.0. The third-order valence-corrected chi connectivity index (χ3v) is 4.74. The number of sulfonamides is 1. The summed E-state index contributed by atoms with van der Waals surface area (Å²) in [6.07, 6.45) is -4.38. The highest BCUT2D eigenvalue weighted by atomic mass is 32.2. The van der Waals surface area contributed by atoms with Gasteiger partial charge in [0.1, 0.15) is 12.3 Å². The number of benzene rings is 2. The maximum Gasteiger partial charge on any atom is 0.490 e. The second-order valence-electron chi connectivity index (χ2n) is 7.30.